The quantitative estimate of drug-likeness (QED) is 0.841. The summed E-state index contributed by atoms with van der Waals surface area (Å²) < 4.78 is 4.95. The highest BCUT2D eigenvalue weighted by Crippen LogP contribution is 2.20. The fourth-order valence-electron chi connectivity index (χ4n) is 1.56. The van der Waals surface area contributed by atoms with Crippen LogP contribution in [0.5, 0.6) is 0 Å². The lowest BCUT2D eigenvalue weighted by atomic mass is 10.2. The van der Waals surface area contributed by atoms with E-state index in [1.807, 2.05) is 0 Å². The molecule has 7 heteroatoms. The van der Waals surface area contributed by atoms with E-state index in [4.69, 9.17) is 9.63 Å². The normalized spacial score (nSPS) is 9.95. The SMILES string of the molecule is Cc1noc(C)c1C(=O)Nc1ncc(C#CCCO)s1. The lowest BCUT2D eigenvalue weighted by Crippen LogP contribution is -2.13. The summed E-state index contributed by atoms with van der Waals surface area (Å²) in [6.45, 7) is 3.42. The standard InChI is InChI=1S/C13H13N3O3S/c1-8-11(9(2)19-16-8)12(18)15-13-14-7-10(20-13)5-3-4-6-17/h7,17H,4,6H2,1-2H3,(H,14,15,18). The second-order valence-corrected chi connectivity index (χ2v) is 4.99. The molecule has 20 heavy (non-hydrogen) atoms. The second-order valence-electron chi connectivity index (χ2n) is 3.96. The minimum absolute atomic E-state index is 0.0292. The zero-order chi connectivity index (χ0) is 14.5. The Kier molecular flexibility index (Phi) is 4.50. The van der Waals surface area contributed by atoms with Crippen molar-refractivity contribution in [2.45, 2.75) is 20.3 Å². The number of hydrogen-bond acceptors (Lipinski definition) is 6. The van der Waals surface area contributed by atoms with Gasteiger partial charge in [0.15, 0.2) is 5.13 Å². The molecule has 0 bridgehead atoms. The molecule has 0 aliphatic heterocycles. The summed E-state index contributed by atoms with van der Waals surface area (Å²) in [6, 6.07) is 0. The number of anilines is 1. The van der Waals surface area contributed by atoms with Crippen LogP contribution in [0.3, 0.4) is 0 Å². The van der Waals surface area contributed by atoms with Crippen molar-refractivity contribution in [1.29, 1.82) is 0 Å². The molecule has 0 fully saturated rings. The number of carbonyl (C=O) groups excluding carboxylic acids is 1. The van der Waals surface area contributed by atoms with Crippen molar-refractivity contribution in [2.24, 2.45) is 0 Å². The van der Waals surface area contributed by atoms with E-state index in [1.165, 1.54) is 11.3 Å². The largest absolute Gasteiger partial charge is 0.395 e. The maximum absolute atomic E-state index is 12.1. The summed E-state index contributed by atoms with van der Waals surface area (Å²) in [5.41, 5.74) is 0.965. The maximum Gasteiger partial charge on any atom is 0.262 e. The summed E-state index contributed by atoms with van der Waals surface area (Å²) >= 11 is 1.27. The number of thiazole rings is 1. The minimum atomic E-state index is -0.300. The molecule has 0 aliphatic rings. The van der Waals surface area contributed by atoms with Crippen molar-refractivity contribution in [3.63, 3.8) is 0 Å². The van der Waals surface area contributed by atoms with Crippen LogP contribution in [0.2, 0.25) is 0 Å². The first-order valence-corrected chi connectivity index (χ1v) is 6.73. The van der Waals surface area contributed by atoms with Crippen LogP contribution in [-0.2, 0) is 0 Å². The number of aryl methyl sites for hydroxylation is 2. The summed E-state index contributed by atoms with van der Waals surface area (Å²) in [7, 11) is 0. The first-order chi connectivity index (χ1) is 9.61. The van der Waals surface area contributed by atoms with Crippen LogP contribution in [0.25, 0.3) is 0 Å². The Hall–Kier alpha value is -2.17. The van der Waals surface area contributed by atoms with Gasteiger partial charge in [-0.2, -0.15) is 0 Å². The average molecular weight is 291 g/mol. The molecule has 2 aromatic heterocycles. The van der Waals surface area contributed by atoms with Gasteiger partial charge in [-0.3, -0.25) is 10.1 Å². The van der Waals surface area contributed by atoms with Crippen LogP contribution < -0.4 is 5.32 Å². The Morgan fingerprint density at radius 1 is 1.55 bits per heavy atom. The molecule has 1 amide bonds. The Morgan fingerprint density at radius 3 is 3.00 bits per heavy atom. The fourth-order valence-corrected chi connectivity index (χ4v) is 2.25. The van der Waals surface area contributed by atoms with E-state index in [0.29, 0.717) is 28.6 Å². The molecular formula is C13H13N3O3S. The summed E-state index contributed by atoms with van der Waals surface area (Å²) in [6.07, 6.45) is 2.00. The van der Waals surface area contributed by atoms with Crippen LogP contribution in [0.15, 0.2) is 10.7 Å². The van der Waals surface area contributed by atoms with Gasteiger partial charge in [0.2, 0.25) is 0 Å². The van der Waals surface area contributed by atoms with Gasteiger partial charge in [-0.05, 0) is 13.8 Å². The monoisotopic (exact) mass is 291 g/mol. The molecule has 0 atom stereocenters. The van der Waals surface area contributed by atoms with Crippen molar-refractivity contribution >= 4 is 22.4 Å². The van der Waals surface area contributed by atoms with Gasteiger partial charge in [0.1, 0.15) is 11.3 Å². The van der Waals surface area contributed by atoms with Gasteiger partial charge in [0.25, 0.3) is 5.91 Å². The van der Waals surface area contributed by atoms with Gasteiger partial charge in [-0.25, -0.2) is 4.98 Å². The highest BCUT2D eigenvalue weighted by atomic mass is 32.1. The lowest BCUT2D eigenvalue weighted by Gasteiger charge is -1.99. The van der Waals surface area contributed by atoms with E-state index in [1.54, 1.807) is 20.0 Å². The molecule has 2 rings (SSSR count). The van der Waals surface area contributed by atoms with E-state index in [9.17, 15) is 4.79 Å². The number of nitrogens with one attached hydrogen (secondary N) is 1. The van der Waals surface area contributed by atoms with Gasteiger partial charge >= 0.3 is 0 Å². The fraction of sp³-hybridized carbons (Fsp3) is 0.308. The number of aliphatic hydroxyl groups is 1. The van der Waals surface area contributed by atoms with Crippen LogP contribution in [-0.4, -0.2) is 27.8 Å². The molecular weight excluding hydrogens is 278 g/mol. The number of aromatic nitrogens is 2. The van der Waals surface area contributed by atoms with E-state index in [0.717, 1.165) is 4.88 Å². The van der Waals surface area contributed by atoms with Crippen molar-refractivity contribution in [2.75, 3.05) is 11.9 Å². The summed E-state index contributed by atoms with van der Waals surface area (Å²) in [4.78, 5) is 16.9. The molecule has 0 aliphatic carbocycles. The Bertz CT molecular complexity index is 659. The third-order valence-corrected chi connectivity index (χ3v) is 3.26. The van der Waals surface area contributed by atoms with E-state index >= 15 is 0 Å². The second kappa shape index (κ2) is 6.32. The van der Waals surface area contributed by atoms with Crippen molar-refractivity contribution < 1.29 is 14.4 Å². The molecule has 6 nitrogen and oxygen atoms in total. The molecule has 2 heterocycles. The number of carbonyl (C=O) groups is 1. The topological polar surface area (TPSA) is 88.3 Å². The van der Waals surface area contributed by atoms with Crippen LogP contribution in [0, 0.1) is 25.7 Å². The van der Waals surface area contributed by atoms with Crippen LogP contribution >= 0.6 is 11.3 Å². The molecule has 0 radical (unpaired) electrons. The maximum atomic E-state index is 12.1. The number of rotatable bonds is 3. The molecule has 2 aromatic rings. The molecule has 104 valence electrons. The molecule has 0 saturated heterocycles. The Morgan fingerprint density at radius 2 is 2.35 bits per heavy atom. The third kappa shape index (κ3) is 3.23. The lowest BCUT2D eigenvalue weighted by molar-refractivity contribution is 0.102. The van der Waals surface area contributed by atoms with Gasteiger partial charge in [-0.15, -0.1) is 0 Å². The van der Waals surface area contributed by atoms with E-state index < -0.39 is 0 Å². The highest BCUT2D eigenvalue weighted by Gasteiger charge is 2.18. The van der Waals surface area contributed by atoms with Gasteiger partial charge in [0.05, 0.1) is 23.4 Å². The predicted octanol–water partition coefficient (Wildman–Crippen LogP) is 1.73. The minimum Gasteiger partial charge on any atom is -0.395 e. The Labute approximate surface area is 119 Å². The van der Waals surface area contributed by atoms with Crippen LogP contribution in [0.1, 0.15) is 33.1 Å². The smallest absolute Gasteiger partial charge is 0.262 e. The molecule has 0 aromatic carbocycles. The molecule has 0 saturated carbocycles. The molecule has 0 unspecified atom stereocenters. The molecule has 2 N–H and O–H groups in total. The number of amides is 1. The van der Waals surface area contributed by atoms with Crippen molar-refractivity contribution in [3.8, 4) is 11.8 Å². The average Bonchev–Trinajstić information content (AvgIpc) is 2.97. The van der Waals surface area contributed by atoms with E-state index in [2.05, 4.69) is 27.3 Å². The predicted molar refractivity (Wildman–Crippen MR) is 74.6 cm³/mol. The Balaban J connectivity index is 2.08. The van der Waals surface area contributed by atoms with Crippen molar-refractivity contribution in [3.05, 3.63) is 28.1 Å². The van der Waals surface area contributed by atoms with E-state index in [-0.39, 0.29) is 12.5 Å². The highest BCUT2D eigenvalue weighted by molar-refractivity contribution is 7.16. The first kappa shape index (κ1) is 14.2. The zero-order valence-electron chi connectivity index (χ0n) is 11.1. The number of hydrogen-bond donors (Lipinski definition) is 2. The summed E-state index contributed by atoms with van der Waals surface area (Å²) in [5, 5.41) is 15.5. The van der Waals surface area contributed by atoms with Gasteiger partial charge in [-0.1, -0.05) is 28.3 Å². The third-order valence-electron chi connectivity index (χ3n) is 2.43. The van der Waals surface area contributed by atoms with Crippen molar-refractivity contribution in [1.82, 2.24) is 10.1 Å². The number of nitrogens with zero attached hydrogens (tertiary/aromatic N) is 2. The van der Waals surface area contributed by atoms with Gasteiger partial charge < -0.3 is 9.63 Å². The first-order valence-electron chi connectivity index (χ1n) is 5.91. The zero-order valence-corrected chi connectivity index (χ0v) is 11.9. The summed E-state index contributed by atoms with van der Waals surface area (Å²) in [5.74, 6) is 5.83. The number of aliphatic hydroxyl groups excluding tert-OH is 1. The molecule has 0 spiro atoms. The van der Waals surface area contributed by atoms with Gasteiger partial charge in [0, 0.05) is 6.42 Å². The van der Waals surface area contributed by atoms with Crippen LogP contribution in [0.4, 0.5) is 5.13 Å².